The van der Waals surface area contributed by atoms with Crippen molar-refractivity contribution in [3.63, 3.8) is 0 Å². The number of Topliss-reactive ketones (excluding diaryl/α,β-unsaturated/α-hetero) is 1. The second-order valence-electron chi connectivity index (χ2n) is 11.3. The number of allylic oxidation sites excluding steroid dienone is 2. The van der Waals surface area contributed by atoms with Gasteiger partial charge in [-0.25, -0.2) is 4.98 Å². The van der Waals surface area contributed by atoms with Crippen molar-refractivity contribution in [1.29, 1.82) is 0 Å². The molecule has 41 heavy (non-hydrogen) atoms. The molecule has 2 aliphatic heterocycles. The number of nitrogens with one attached hydrogen (secondary N) is 2. The highest BCUT2D eigenvalue weighted by atomic mass is 16.5. The van der Waals surface area contributed by atoms with Gasteiger partial charge in [0.2, 0.25) is 0 Å². The lowest BCUT2D eigenvalue weighted by Gasteiger charge is -2.16. The van der Waals surface area contributed by atoms with Crippen molar-refractivity contribution in [3.05, 3.63) is 68.8 Å². The van der Waals surface area contributed by atoms with E-state index in [-0.39, 0.29) is 36.4 Å². The van der Waals surface area contributed by atoms with Gasteiger partial charge in [0.25, 0.3) is 0 Å². The summed E-state index contributed by atoms with van der Waals surface area (Å²) in [7, 11) is 1.40. The van der Waals surface area contributed by atoms with E-state index in [1.165, 1.54) is 7.11 Å². The van der Waals surface area contributed by atoms with Gasteiger partial charge in [-0.2, -0.15) is 0 Å². The van der Waals surface area contributed by atoms with Gasteiger partial charge in [0.1, 0.15) is 0 Å². The van der Waals surface area contributed by atoms with Crippen LogP contribution in [0.5, 0.6) is 0 Å². The maximum Gasteiger partial charge on any atom is 0.305 e. The Bertz CT molecular complexity index is 1860. The number of hydrogen-bond donors (Lipinski definition) is 2. The number of nitrogens with zero attached hydrogens (tertiary/aromatic N) is 2. The SMILES string of the molecule is CCC1=C(C)c2cc3[nH]c(cc4nc(c5c6[nH]c(cc1n2)c(C)c6C(=O)C5)[C@@H](CCC(=O)OC)[C@@H]4C)c(C)c3C=O. The van der Waals surface area contributed by atoms with Crippen molar-refractivity contribution < 1.29 is 19.1 Å². The number of hydrogen-bond acceptors (Lipinski definition) is 6. The van der Waals surface area contributed by atoms with Gasteiger partial charge in [-0.1, -0.05) is 13.8 Å². The third-order valence-electron chi connectivity index (χ3n) is 9.15. The first kappa shape index (κ1) is 26.9. The second kappa shape index (κ2) is 9.94. The molecule has 3 aromatic heterocycles. The standard InChI is InChI=1S/C33H34N4O4/c1-7-19-15(2)24-12-28-22(14-38)17(4)23(35-28)11-25-16(3)20(8-9-30(40)41-6)32(36-25)21-10-29(39)31-18(5)26(37-33(21)31)13-27(19)34-24/h11-14,16,20,35,37H,7-10H2,1-6H3/t16-,20-/m0/s1. The van der Waals surface area contributed by atoms with Crippen LogP contribution in [0.1, 0.15) is 112 Å². The van der Waals surface area contributed by atoms with E-state index < -0.39 is 0 Å². The molecular formula is C33H34N4O4. The van der Waals surface area contributed by atoms with E-state index in [1.807, 2.05) is 32.0 Å². The average molecular weight is 551 g/mol. The Morgan fingerprint density at radius 1 is 1.05 bits per heavy atom. The molecule has 3 aromatic rings. The van der Waals surface area contributed by atoms with Crippen molar-refractivity contribution in [2.75, 3.05) is 7.11 Å². The van der Waals surface area contributed by atoms with Crippen molar-refractivity contribution in [2.24, 2.45) is 0 Å². The zero-order valence-corrected chi connectivity index (χ0v) is 24.3. The molecule has 0 fully saturated rings. The summed E-state index contributed by atoms with van der Waals surface area (Å²) in [5.41, 5.74) is 12.7. The largest absolute Gasteiger partial charge is 0.469 e. The van der Waals surface area contributed by atoms with E-state index >= 15 is 0 Å². The molecular weight excluding hydrogens is 516 g/mol. The van der Waals surface area contributed by atoms with Crippen LogP contribution >= 0.6 is 0 Å². The smallest absolute Gasteiger partial charge is 0.305 e. The molecule has 6 rings (SSSR count). The van der Waals surface area contributed by atoms with Crippen LogP contribution in [-0.2, 0) is 16.0 Å². The molecule has 2 N–H and O–H groups in total. The molecule has 0 radical (unpaired) electrons. The van der Waals surface area contributed by atoms with E-state index in [4.69, 9.17) is 14.7 Å². The number of ether oxygens (including phenoxy) is 1. The highest BCUT2D eigenvalue weighted by Gasteiger charge is 2.36. The zero-order chi connectivity index (χ0) is 29.2. The second-order valence-corrected chi connectivity index (χ2v) is 11.3. The molecule has 3 aliphatic rings. The predicted octanol–water partition coefficient (Wildman–Crippen LogP) is 6.66. The molecule has 2 atom stereocenters. The number of carbonyl (C=O) groups is 3. The van der Waals surface area contributed by atoms with Crippen LogP contribution in [0.15, 0.2) is 18.2 Å². The van der Waals surface area contributed by atoms with Crippen LogP contribution in [0.4, 0.5) is 0 Å². The molecule has 0 spiro atoms. The minimum atomic E-state index is -0.271. The van der Waals surface area contributed by atoms with E-state index in [2.05, 4.69) is 30.7 Å². The van der Waals surface area contributed by atoms with E-state index in [9.17, 15) is 14.4 Å². The molecule has 0 aromatic carbocycles. The lowest BCUT2D eigenvalue weighted by molar-refractivity contribution is -0.140. The molecule has 8 nitrogen and oxygen atoms in total. The fraction of sp³-hybridized carbons (Fsp3) is 0.364. The summed E-state index contributed by atoms with van der Waals surface area (Å²) in [6, 6.07) is 5.97. The number of methoxy groups -OCH3 is 1. The Hall–Kier alpha value is -4.33. The monoisotopic (exact) mass is 550 g/mol. The number of ketones is 1. The first-order chi connectivity index (χ1) is 19.7. The minimum Gasteiger partial charge on any atom is -0.469 e. The van der Waals surface area contributed by atoms with Crippen molar-refractivity contribution in [3.8, 4) is 0 Å². The molecule has 1 aliphatic carbocycles. The number of H-pyrrole nitrogens is 2. The molecule has 8 bridgehead atoms. The maximum absolute atomic E-state index is 13.4. The Labute approximate surface area is 238 Å². The summed E-state index contributed by atoms with van der Waals surface area (Å²) in [4.78, 5) is 54.9. The van der Waals surface area contributed by atoms with Crippen LogP contribution in [0.2, 0.25) is 0 Å². The van der Waals surface area contributed by atoms with Crippen molar-refractivity contribution in [2.45, 2.75) is 72.1 Å². The van der Waals surface area contributed by atoms with Crippen LogP contribution in [0.3, 0.4) is 0 Å². The number of aromatic nitrogens is 4. The lowest BCUT2D eigenvalue weighted by Crippen LogP contribution is -2.09. The van der Waals surface area contributed by atoms with E-state index in [0.29, 0.717) is 23.1 Å². The van der Waals surface area contributed by atoms with Gasteiger partial charge in [-0.3, -0.25) is 19.4 Å². The predicted molar refractivity (Wildman–Crippen MR) is 159 cm³/mol. The van der Waals surface area contributed by atoms with Crippen LogP contribution in [-0.4, -0.2) is 45.1 Å². The quantitative estimate of drug-likeness (QED) is 0.271. The molecule has 0 saturated heterocycles. The van der Waals surface area contributed by atoms with Crippen molar-refractivity contribution >= 4 is 51.3 Å². The highest BCUT2D eigenvalue weighted by Crippen LogP contribution is 2.44. The third kappa shape index (κ3) is 4.15. The molecule has 0 amide bonds. The number of aldehydes is 1. The number of rotatable bonds is 5. The van der Waals surface area contributed by atoms with Gasteiger partial charge >= 0.3 is 5.97 Å². The normalized spacial score (nSPS) is 17.9. The number of aromatic amines is 2. The fourth-order valence-electron chi connectivity index (χ4n) is 6.69. The summed E-state index contributed by atoms with van der Waals surface area (Å²) in [5.74, 6) is -0.281. The Morgan fingerprint density at radius 3 is 2.49 bits per heavy atom. The van der Waals surface area contributed by atoms with Gasteiger partial charge in [0.05, 0.1) is 35.2 Å². The van der Waals surface area contributed by atoms with E-state index in [1.54, 1.807) is 0 Å². The summed E-state index contributed by atoms with van der Waals surface area (Å²) >= 11 is 0. The third-order valence-corrected chi connectivity index (χ3v) is 9.15. The molecule has 210 valence electrons. The summed E-state index contributed by atoms with van der Waals surface area (Å²) in [5, 5.41) is 0. The van der Waals surface area contributed by atoms with Crippen LogP contribution < -0.4 is 0 Å². The Morgan fingerprint density at radius 2 is 1.78 bits per heavy atom. The first-order valence-corrected chi connectivity index (χ1v) is 14.2. The fourth-order valence-corrected chi connectivity index (χ4v) is 6.69. The topological polar surface area (TPSA) is 118 Å². The molecule has 8 heteroatoms. The number of carbonyl (C=O) groups excluding carboxylic acids is 3. The van der Waals surface area contributed by atoms with Crippen LogP contribution in [0.25, 0.3) is 33.2 Å². The number of esters is 1. The van der Waals surface area contributed by atoms with Crippen molar-refractivity contribution in [1.82, 2.24) is 19.9 Å². The first-order valence-electron chi connectivity index (χ1n) is 14.2. The van der Waals surface area contributed by atoms with Gasteiger partial charge in [0.15, 0.2) is 12.1 Å². The summed E-state index contributed by atoms with van der Waals surface area (Å²) < 4.78 is 4.94. The molecule has 5 heterocycles. The van der Waals surface area contributed by atoms with E-state index in [0.717, 1.165) is 79.9 Å². The summed E-state index contributed by atoms with van der Waals surface area (Å²) in [6.07, 6.45) is 2.76. The van der Waals surface area contributed by atoms with Gasteiger partial charge in [0, 0.05) is 58.1 Å². The average Bonchev–Trinajstić information content (AvgIpc) is 3.70. The Kier molecular flexibility index (Phi) is 6.52. The highest BCUT2D eigenvalue weighted by molar-refractivity contribution is 6.13. The maximum atomic E-state index is 13.4. The Balaban J connectivity index is 1.74. The minimum absolute atomic E-state index is 0.0119. The summed E-state index contributed by atoms with van der Waals surface area (Å²) in [6.45, 7) is 10.2. The van der Waals surface area contributed by atoms with Gasteiger partial charge < -0.3 is 14.7 Å². The van der Waals surface area contributed by atoms with Gasteiger partial charge in [-0.15, -0.1) is 0 Å². The number of fused-ring (bicyclic) bond motifs is 8. The molecule has 0 unspecified atom stereocenters. The van der Waals surface area contributed by atoms with Crippen LogP contribution in [0, 0.1) is 13.8 Å². The zero-order valence-electron chi connectivity index (χ0n) is 24.3. The van der Waals surface area contributed by atoms with Gasteiger partial charge in [-0.05, 0) is 74.1 Å². The number of aryl methyl sites for hydroxylation is 2. The molecule has 0 saturated carbocycles. The lowest BCUT2D eigenvalue weighted by atomic mass is 9.85.